The molecular weight excluding hydrogens is 188 g/mol. The summed E-state index contributed by atoms with van der Waals surface area (Å²) in [6.45, 7) is 8.57. The first-order valence-corrected chi connectivity index (χ1v) is 6.29. The number of nitrogens with zero attached hydrogens (tertiary/aromatic N) is 2. The Hall–Kier alpha value is -0.570. The van der Waals surface area contributed by atoms with Crippen molar-refractivity contribution in [3.05, 3.63) is 0 Å². The molecule has 0 N–H and O–H groups in total. The normalized spacial score (nSPS) is 26.3. The molecule has 0 aromatic carbocycles. The molecule has 1 heterocycles. The Morgan fingerprint density at radius 1 is 1.27 bits per heavy atom. The standard InChI is InChI=1S/C12H22N2O/c1-3-13(4-2)11-7-8-14(9-11)12(15)10-5-6-10/h10-11H,3-9H2,1-2H3. The largest absolute Gasteiger partial charge is 0.341 e. The first kappa shape index (κ1) is 10.9. The maximum absolute atomic E-state index is 11.9. The molecule has 0 spiro atoms. The quantitative estimate of drug-likeness (QED) is 0.699. The van der Waals surface area contributed by atoms with Crippen LogP contribution in [0.15, 0.2) is 0 Å². The minimum atomic E-state index is 0.389. The maximum atomic E-state index is 11.9. The predicted molar refractivity (Wildman–Crippen MR) is 60.6 cm³/mol. The summed E-state index contributed by atoms with van der Waals surface area (Å²) in [5.74, 6) is 0.810. The molecule has 3 nitrogen and oxygen atoms in total. The van der Waals surface area contributed by atoms with Crippen LogP contribution in [0.5, 0.6) is 0 Å². The highest BCUT2D eigenvalue weighted by Crippen LogP contribution is 2.32. The summed E-state index contributed by atoms with van der Waals surface area (Å²) in [7, 11) is 0. The molecule has 1 amide bonds. The highest BCUT2D eigenvalue weighted by Gasteiger charge is 2.37. The van der Waals surface area contributed by atoms with Gasteiger partial charge in [0.1, 0.15) is 0 Å². The van der Waals surface area contributed by atoms with E-state index in [1.807, 2.05) is 0 Å². The van der Waals surface area contributed by atoms with Crippen molar-refractivity contribution in [3.8, 4) is 0 Å². The molecule has 1 atom stereocenters. The van der Waals surface area contributed by atoms with Crippen LogP contribution in [0.25, 0.3) is 0 Å². The summed E-state index contributed by atoms with van der Waals surface area (Å²) in [5.41, 5.74) is 0. The van der Waals surface area contributed by atoms with E-state index in [9.17, 15) is 4.79 Å². The number of rotatable bonds is 4. The molecule has 1 unspecified atom stereocenters. The molecule has 15 heavy (non-hydrogen) atoms. The van der Waals surface area contributed by atoms with Gasteiger partial charge in [0.15, 0.2) is 0 Å². The second-order valence-electron chi connectivity index (χ2n) is 4.72. The number of hydrogen-bond donors (Lipinski definition) is 0. The Kier molecular flexibility index (Phi) is 3.29. The van der Waals surface area contributed by atoms with Crippen molar-refractivity contribution in [2.24, 2.45) is 5.92 Å². The third-order valence-electron chi connectivity index (χ3n) is 3.73. The summed E-state index contributed by atoms with van der Waals surface area (Å²) < 4.78 is 0. The SMILES string of the molecule is CCN(CC)C1CCN(C(=O)C2CC2)C1. The van der Waals surface area contributed by atoms with Crippen LogP contribution in [0.4, 0.5) is 0 Å². The van der Waals surface area contributed by atoms with E-state index in [0.29, 0.717) is 17.9 Å². The van der Waals surface area contributed by atoms with E-state index >= 15 is 0 Å². The van der Waals surface area contributed by atoms with Crippen LogP contribution in [0.1, 0.15) is 33.1 Å². The molecule has 1 aliphatic heterocycles. The molecule has 0 aromatic heterocycles. The molecule has 2 rings (SSSR count). The number of carbonyl (C=O) groups is 1. The lowest BCUT2D eigenvalue weighted by Gasteiger charge is -2.26. The fourth-order valence-corrected chi connectivity index (χ4v) is 2.57. The van der Waals surface area contributed by atoms with Gasteiger partial charge in [-0.05, 0) is 32.4 Å². The molecule has 1 saturated heterocycles. The minimum Gasteiger partial charge on any atom is -0.341 e. The van der Waals surface area contributed by atoms with Crippen molar-refractivity contribution < 1.29 is 4.79 Å². The lowest BCUT2D eigenvalue weighted by molar-refractivity contribution is -0.131. The Morgan fingerprint density at radius 3 is 2.47 bits per heavy atom. The van der Waals surface area contributed by atoms with Gasteiger partial charge in [-0.1, -0.05) is 13.8 Å². The summed E-state index contributed by atoms with van der Waals surface area (Å²) in [6.07, 6.45) is 3.43. The van der Waals surface area contributed by atoms with Crippen LogP contribution in [0, 0.1) is 5.92 Å². The molecule has 0 radical (unpaired) electrons. The molecule has 0 bridgehead atoms. The first-order valence-electron chi connectivity index (χ1n) is 6.29. The van der Waals surface area contributed by atoms with Crippen molar-refractivity contribution >= 4 is 5.91 Å². The Balaban J connectivity index is 1.85. The highest BCUT2D eigenvalue weighted by atomic mass is 16.2. The maximum Gasteiger partial charge on any atom is 0.225 e. The molecule has 2 aliphatic rings. The van der Waals surface area contributed by atoms with E-state index < -0.39 is 0 Å². The summed E-state index contributed by atoms with van der Waals surface area (Å²) in [4.78, 5) is 16.4. The number of hydrogen-bond acceptors (Lipinski definition) is 2. The van der Waals surface area contributed by atoms with E-state index in [1.54, 1.807) is 0 Å². The molecule has 0 aromatic rings. The van der Waals surface area contributed by atoms with Gasteiger partial charge in [-0.25, -0.2) is 0 Å². The topological polar surface area (TPSA) is 23.6 Å². The highest BCUT2D eigenvalue weighted by molar-refractivity contribution is 5.81. The van der Waals surface area contributed by atoms with Crippen LogP contribution in [0.2, 0.25) is 0 Å². The van der Waals surface area contributed by atoms with Crippen LogP contribution in [-0.2, 0) is 4.79 Å². The minimum absolute atomic E-state index is 0.389. The van der Waals surface area contributed by atoms with Gasteiger partial charge in [-0.2, -0.15) is 0 Å². The van der Waals surface area contributed by atoms with E-state index in [0.717, 1.165) is 39.0 Å². The van der Waals surface area contributed by atoms with Gasteiger partial charge in [0.25, 0.3) is 0 Å². The number of likely N-dealkylation sites (tertiary alicyclic amines) is 1. The Bertz CT molecular complexity index is 234. The Labute approximate surface area is 92.4 Å². The van der Waals surface area contributed by atoms with E-state index in [-0.39, 0.29) is 0 Å². The molecule has 2 fully saturated rings. The number of carbonyl (C=O) groups excluding carboxylic acids is 1. The second kappa shape index (κ2) is 4.52. The lowest BCUT2D eigenvalue weighted by atomic mass is 10.2. The van der Waals surface area contributed by atoms with E-state index in [1.165, 1.54) is 6.42 Å². The van der Waals surface area contributed by atoms with Crippen molar-refractivity contribution in [1.29, 1.82) is 0 Å². The van der Waals surface area contributed by atoms with Crippen LogP contribution < -0.4 is 0 Å². The zero-order chi connectivity index (χ0) is 10.8. The Morgan fingerprint density at radius 2 is 1.93 bits per heavy atom. The molecule has 1 aliphatic carbocycles. The molecular formula is C12H22N2O. The van der Waals surface area contributed by atoms with Crippen LogP contribution in [-0.4, -0.2) is 47.9 Å². The molecule has 1 saturated carbocycles. The van der Waals surface area contributed by atoms with Gasteiger partial charge in [0.05, 0.1) is 0 Å². The molecule has 3 heteroatoms. The van der Waals surface area contributed by atoms with Gasteiger partial charge < -0.3 is 4.90 Å². The van der Waals surface area contributed by atoms with E-state index in [4.69, 9.17) is 0 Å². The fourth-order valence-electron chi connectivity index (χ4n) is 2.57. The van der Waals surface area contributed by atoms with Gasteiger partial charge in [-0.3, -0.25) is 9.69 Å². The van der Waals surface area contributed by atoms with Gasteiger partial charge in [0, 0.05) is 25.0 Å². The number of likely N-dealkylation sites (N-methyl/N-ethyl adjacent to an activating group) is 1. The summed E-state index contributed by atoms with van der Waals surface area (Å²) in [6, 6.07) is 0.614. The van der Waals surface area contributed by atoms with Crippen LogP contribution in [0.3, 0.4) is 0 Å². The average Bonchev–Trinajstić information content (AvgIpc) is 2.99. The fraction of sp³-hybridized carbons (Fsp3) is 0.917. The zero-order valence-corrected chi connectivity index (χ0v) is 9.91. The van der Waals surface area contributed by atoms with Crippen molar-refractivity contribution in [2.45, 2.75) is 39.2 Å². The third-order valence-corrected chi connectivity index (χ3v) is 3.73. The number of amides is 1. The van der Waals surface area contributed by atoms with Gasteiger partial charge in [0.2, 0.25) is 5.91 Å². The smallest absolute Gasteiger partial charge is 0.225 e. The zero-order valence-electron chi connectivity index (χ0n) is 9.91. The second-order valence-corrected chi connectivity index (χ2v) is 4.72. The monoisotopic (exact) mass is 210 g/mol. The third kappa shape index (κ3) is 2.33. The molecule has 86 valence electrons. The summed E-state index contributed by atoms with van der Waals surface area (Å²) >= 11 is 0. The van der Waals surface area contributed by atoms with Gasteiger partial charge >= 0.3 is 0 Å². The van der Waals surface area contributed by atoms with Crippen LogP contribution >= 0.6 is 0 Å². The van der Waals surface area contributed by atoms with Crippen molar-refractivity contribution in [1.82, 2.24) is 9.80 Å². The van der Waals surface area contributed by atoms with E-state index in [2.05, 4.69) is 23.6 Å². The summed E-state index contributed by atoms with van der Waals surface area (Å²) in [5, 5.41) is 0. The van der Waals surface area contributed by atoms with Crippen molar-refractivity contribution in [2.75, 3.05) is 26.2 Å². The predicted octanol–water partition coefficient (Wildman–Crippen LogP) is 1.34. The first-order chi connectivity index (χ1) is 7.26. The lowest BCUT2D eigenvalue weighted by Crippen LogP contribution is -2.39. The van der Waals surface area contributed by atoms with Gasteiger partial charge in [-0.15, -0.1) is 0 Å². The average molecular weight is 210 g/mol. The van der Waals surface area contributed by atoms with Crippen molar-refractivity contribution in [3.63, 3.8) is 0 Å².